The molecule has 0 saturated carbocycles. The topological polar surface area (TPSA) is 91.0 Å². The van der Waals surface area contributed by atoms with Crippen LogP contribution in [0.3, 0.4) is 0 Å². The lowest BCUT2D eigenvalue weighted by molar-refractivity contribution is -0.00521. The van der Waals surface area contributed by atoms with Crippen LogP contribution in [0.25, 0.3) is 0 Å². The van der Waals surface area contributed by atoms with Gasteiger partial charge in [-0.05, 0) is 64.8 Å². The molecule has 1 aromatic carbocycles. The number of nitrogens with zero attached hydrogens (tertiary/aromatic N) is 2. The van der Waals surface area contributed by atoms with Gasteiger partial charge in [0, 0.05) is 43.6 Å². The maximum atomic E-state index is 12.6. The van der Waals surface area contributed by atoms with Gasteiger partial charge in [-0.15, -0.1) is 0 Å². The number of amides is 2. The standard InChI is InChI=1S/C21H34N4O4S/c1-15(2)30(27,28)23-19-9-11-24(12-10-19)21(26)22-18-5-7-20(8-6-18)25-13-16(3)29-17(4)14-25/h5-8,15-17,19,23H,9-14H2,1-4H3,(H,22,26). The number of hydrogen-bond acceptors (Lipinski definition) is 5. The first kappa shape index (κ1) is 22.8. The lowest BCUT2D eigenvalue weighted by Gasteiger charge is -2.37. The summed E-state index contributed by atoms with van der Waals surface area (Å²) in [6.45, 7) is 10.2. The Morgan fingerprint density at radius 1 is 1.07 bits per heavy atom. The summed E-state index contributed by atoms with van der Waals surface area (Å²) in [7, 11) is -3.29. The summed E-state index contributed by atoms with van der Waals surface area (Å²) in [4.78, 5) is 16.6. The largest absolute Gasteiger partial charge is 0.372 e. The summed E-state index contributed by atoms with van der Waals surface area (Å²) in [6.07, 6.45) is 1.62. The molecular weight excluding hydrogens is 404 g/mol. The number of benzene rings is 1. The van der Waals surface area contributed by atoms with E-state index in [1.165, 1.54) is 0 Å². The average molecular weight is 439 g/mol. The van der Waals surface area contributed by atoms with Gasteiger partial charge in [-0.2, -0.15) is 0 Å². The second-order valence-corrected chi connectivity index (χ2v) is 10.9. The molecule has 2 unspecified atom stereocenters. The quantitative estimate of drug-likeness (QED) is 0.738. The predicted octanol–water partition coefficient (Wildman–Crippen LogP) is 2.62. The predicted molar refractivity (Wildman–Crippen MR) is 119 cm³/mol. The van der Waals surface area contributed by atoms with Crippen molar-refractivity contribution in [2.45, 2.75) is 64.0 Å². The van der Waals surface area contributed by atoms with E-state index >= 15 is 0 Å². The Hall–Kier alpha value is -1.84. The third-order valence-corrected chi connectivity index (χ3v) is 7.54. The van der Waals surface area contributed by atoms with Gasteiger partial charge in [-0.25, -0.2) is 17.9 Å². The second-order valence-electron chi connectivity index (χ2n) is 8.61. The summed E-state index contributed by atoms with van der Waals surface area (Å²) in [5.41, 5.74) is 1.87. The Labute approximate surface area is 180 Å². The highest BCUT2D eigenvalue weighted by atomic mass is 32.2. The van der Waals surface area contributed by atoms with E-state index in [0.717, 1.165) is 24.5 Å². The Balaban J connectivity index is 1.50. The highest BCUT2D eigenvalue weighted by Crippen LogP contribution is 2.23. The number of piperidine rings is 1. The normalized spacial score (nSPS) is 23.6. The summed E-state index contributed by atoms with van der Waals surface area (Å²) in [6, 6.07) is 7.62. The maximum Gasteiger partial charge on any atom is 0.321 e. The molecule has 0 spiro atoms. The maximum absolute atomic E-state index is 12.6. The number of hydrogen-bond donors (Lipinski definition) is 2. The third-order valence-electron chi connectivity index (χ3n) is 5.64. The van der Waals surface area contributed by atoms with Crippen molar-refractivity contribution < 1.29 is 17.9 Å². The molecule has 9 heteroatoms. The van der Waals surface area contributed by atoms with Crippen LogP contribution in [0.1, 0.15) is 40.5 Å². The van der Waals surface area contributed by atoms with Gasteiger partial charge < -0.3 is 19.9 Å². The Morgan fingerprint density at radius 2 is 1.63 bits per heavy atom. The minimum atomic E-state index is -3.29. The number of urea groups is 1. The molecule has 0 radical (unpaired) electrons. The van der Waals surface area contributed by atoms with E-state index in [-0.39, 0.29) is 24.3 Å². The highest BCUT2D eigenvalue weighted by Gasteiger charge is 2.27. The Morgan fingerprint density at radius 3 is 2.17 bits per heavy atom. The molecule has 2 aliphatic heterocycles. The lowest BCUT2D eigenvalue weighted by Crippen LogP contribution is -2.48. The van der Waals surface area contributed by atoms with E-state index in [1.807, 2.05) is 24.3 Å². The molecule has 2 amide bonds. The second kappa shape index (κ2) is 9.53. The lowest BCUT2D eigenvalue weighted by atomic mass is 10.1. The average Bonchev–Trinajstić information content (AvgIpc) is 2.68. The molecule has 0 bridgehead atoms. The molecule has 1 aromatic rings. The fourth-order valence-electron chi connectivity index (χ4n) is 3.92. The van der Waals surface area contributed by atoms with Crippen molar-refractivity contribution in [1.82, 2.24) is 9.62 Å². The van der Waals surface area contributed by atoms with Crippen LogP contribution in [0.5, 0.6) is 0 Å². The number of anilines is 2. The van der Waals surface area contributed by atoms with Gasteiger partial charge in [0.2, 0.25) is 10.0 Å². The fourth-order valence-corrected chi connectivity index (χ4v) is 4.89. The van der Waals surface area contributed by atoms with Crippen LogP contribution in [-0.4, -0.2) is 69.0 Å². The van der Waals surface area contributed by atoms with Gasteiger partial charge in [0.15, 0.2) is 0 Å². The van der Waals surface area contributed by atoms with E-state index < -0.39 is 15.3 Å². The van der Waals surface area contributed by atoms with Gasteiger partial charge in [-0.1, -0.05) is 0 Å². The van der Waals surface area contributed by atoms with Crippen LogP contribution in [-0.2, 0) is 14.8 Å². The SMILES string of the molecule is CC1CN(c2ccc(NC(=O)N3CCC(NS(=O)(=O)C(C)C)CC3)cc2)CC(C)O1. The smallest absolute Gasteiger partial charge is 0.321 e. The molecule has 2 N–H and O–H groups in total. The van der Waals surface area contributed by atoms with Crippen LogP contribution in [0, 0.1) is 0 Å². The van der Waals surface area contributed by atoms with E-state index in [0.29, 0.717) is 25.9 Å². The van der Waals surface area contributed by atoms with Gasteiger partial charge in [0.25, 0.3) is 0 Å². The molecule has 0 aromatic heterocycles. The summed E-state index contributed by atoms with van der Waals surface area (Å²) in [5.74, 6) is 0. The third kappa shape index (κ3) is 5.86. The molecule has 2 aliphatic rings. The molecule has 2 saturated heterocycles. The fraction of sp³-hybridized carbons (Fsp3) is 0.667. The van der Waals surface area contributed by atoms with E-state index in [1.54, 1.807) is 18.7 Å². The molecule has 30 heavy (non-hydrogen) atoms. The summed E-state index contributed by atoms with van der Waals surface area (Å²) in [5, 5.41) is 2.49. The molecule has 8 nitrogen and oxygen atoms in total. The number of nitrogens with one attached hydrogen (secondary N) is 2. The Kier molecular flexibility index (Phi) is 7.26. The van der Waals surface area contributed by atoms with Crippen LogP contribution in [0.15, 0.2) is 24.3 Å². The number of carbonyl (C=O) groups is 1. The van der Waals surface area contributed by atoms with E-state index in [4.69, 9.17) is 4.74 Å². The zero-order valence-electron chi connectivity index (χ0n) is 18.3. The van der Waals surface area contributed by atoms with Gasteiger partial charge in [0.1, 0.15) is 0 Å². The van der Waals surface area contributed by atoms with Crippen LogP contribution >= 0.6 is 0 Å². The van der Waals surface area contributed by atoms with Gasteiger partial charge >= 0.3 is 6.03 Å². The van der Waals surface area contributed by atoms with Crippen molar-refractivity contribution in [2.75, 3.05) is 36.4 Å². The number of morpholine rings is 1. The van der Waals surface area contributed by atoms with E-state index in [2.05, 4.69) is 28.8 Å². The number of sulfonamides is 1. The van der Waals surface area contributed by atoms with Gasteiger partial charge in [0.05, 0.1) is 17.5 Å². The molecular formula is C21H34N4O4S. The minimum absolute atomic E-state index is 0.112. The van der Waals surface area contributed by atoms with Crippen molar-refractivity contribution >= 4 is 27.4 Å². The first-order valence-electron chi connectivity index (χ1n) is 10.7. The molecule has 2 heterocycles. The highest BCUT2D eigenvalue weighted by molar-refractivity contribution is 7.90. The molecule has 168 valence electrons. The minimum Gasteiger partial charge on any atom is -0.372 e. The zero-order valence-corrected chi connectivity index (χ0v) is 19.1. The summed E-state index contributed by atoms with van der Waals surface area (Å²) < 4.78 is 32.6. The van der Waals surface area contributed by atoms with Crippen molar-refractivity contribution in [3.8, 4) is 0 Å². The molecule has 2 fully saturated rings. The first-order chi connectivity index (χ1) is 14.1. The van der Waals surface area contributed by atoms with Crippen molar-refractivity contribution in [1.29, 1.82) is 0 Å². The van der Waals surface area contributed by atoms with Crippen LogP contribution < -0.4 is 14.9 Å². The van der Waals surface area contributed by atoms with Gasteiger partial charge in [-0.3, -0.25) is 0 Å². The van der Waals surface area contributed by atoms with Crippen LogP contribution in [0.4, 0.5) is 16.2 Å². The van der Waals surface area contributed by atoms with Crippen molar-refractivity contribution in [3.05, 3.63) is 24.3 Å². The number of carbonyl (C=O) groups excluding carboxylic acids is 1. The summed E-state index contributed by atoms with van der Waals surface area (Å²) >= 11 is 0. The van der Waals surface area contributed by atoms with Crippen molar-refractivity contribution in [3.63, 3.8) is 0 Å². The molecule has 0 aliphatic carbocycles. The molecule has 2 atom stereocenters. The molecule has 3 rings (SSSR count). The number of likely N-dealkylation sites (tertiary alicyclic amines) is 1. The van der Waals surface area contributed by atoms with E-state index in [9.17, 15) is 13.2 Å². The van der Waals surface area contributed by atoms with Crippen molar-refractivity contribution in [2.24, 2.45) is 0 Å². The number of rotatable bonds is 5. The number of ether oxygens (including phenoxy) is 1. The Bertz CT molecular complexity index is 810. The monoisotopic (exact) mass is 438 g/mol. The zero-order chi connectivity index (χ0) is 21.9. The van der Waals surface area contributed by atoms with Crippen LogP contribution in [0.2, 0.25) is 0 Å². The first-order valence-corrected chi connectivity index (χ1v) is 12.3.